The van der Waals surface area contributed by atoms with E-state index in [0.29, 0.717) is 12.0 Å². The molecule has 0 saturated heterocycles. The van der Waals surface area contributed by atoms with E-state index in [9.17, 15) is 12.8 Å². The van der Waals surface area contributed by atoms with E-state index in [1.165, 1.54) is 6.92 Å². The lowest BCUT2D eigenvalue weighted by molar-refractivity contribution is 0.196. The minimum atomic E-state index is -3.37. The molecule has 18 heavy (non-hydrogen) atoms. The minimum absolute atomic E-state index is 0.0236. The van der Waals surface area contributed by atoms with Gasteiger partial charge < -0.3 is 0 Å². The molecule has 1 unspecified atom stereocenters. The van der Waals surface area contributed by atoms with Crippen molar-refractivity contribution < 1.29 is 12.8 Å². The van der Waals surface area contributed by atoms with Crippen LogP contribution >= 0.6 is 22.6 Å². The Morgan fingerprint density at radius 3 is 2.39 bits per heavy atom. The van der Waals surface area contributed by atoms with E-state index >= 15 is 0 Å². The molecule has 102 valence electrons. The predicted octanol–water partition coefficient (Wildman–Crippen LogP) is 2.81. The molecule has 0 aliphatic carbocycles. The summed E-state index contributed by atoms with van der Waals surface area (Å²) in [6, 6.07) is 6.95. The van der Waals surface area contributed by atoms with E-state index in [2.05, 4.69) is 27.3 Å². The molecule has 6 heteroatoms. The Kier molecular flexibility index (Phi) is 5.54. The third kappa shape index (κ3) is 4.81. The van der Waals surface area contributed by atoms with Gasteiger partial charge in [0.05, 0.1) is 5.75 Å². The van der Waals surface area contributed by atoms with Gasteiger partial charge in [-0.1, -0.05) is 19.1 Å². The molecular formula is C12H17FINO2S. The fourth-order valence-electron chi connectivity index (χ4n) is 1.49. The highest BCUT2D eigenvalue weighted by molar-refractivity contribution is 14.1. The molecule has 0 aliphatic rings. The molecule has 1 atom stereocenters. The molecule has 0 amide bonds. The number of sulfonamides is 1. The van der Waals surface area contributed by atoms with E-state index in [1.54, 1.807) is 31.2 Å². The molecule has 3 nitrogen and oxygen atoms in total. The molecule has 0 aliphatic heterocycles. The van der Waals surface area contributed by atoms with Gasteiger partial charge in [0.1, 0.15) is 5.67 Å². The van der Waals surface area contributed by atoms with Crippen molar-refractivity contribution in [2.75, 3.05) is 12.3 Å². The second-order valence-corrected chi connectivity index (χ2v) is 7.52. The summed E-state index contributed by atoms with van der Waals surface area (Å²) in [4.78, 5) is 0. The normalized spacial score (nSPS) is 15.3. The fraction of sp³-hybridized carbons (Fsp3) is 0.500. The topological polar surface area (TPSA) is 46.2 Å². The van der Waals surface area contributed by atoms with Gasteiger partial charge in [-0.25, -0.2) is 17.5 Å². The maximum Gasteiger partial charge on any atom is 0.211 e. The SMILES string of the molecule is CCCS(=O)(=O)NCC(C)(F)c1ccc(I)cc1. The molecule has 1 N–H and O–H groups in total. The van der Waals surface area contributed by atoms with Crippen LogP contribution in [0.2, 0.25) is 0 Å². The van der Waals surface area contributed by atoms with Crippen molar-refractivity contribution in [3.63, 3.8) is 0 Å². The summed E-state index contributed by atoms with van der Waals surface area (Å²) in [5.74, 6) is 0.0236. The Bertz CT molecular complexity index is 485. The lowest BCUT2D eigenvalue weighted by Gasteiger charge is -2.21. The quantitative estimate of drug-likeness (QED) is 0.766. The number of hydrogen-bond donors (Lipinski definition) is 1. The number of halogens is 2. The van der Waals surface area contributed by atoms with Crippen molar-refractivity contribution in [1.82, 2.24) is 4.72 Å². The summed E-state index contributed by atoms with van der Waals surface area (Å²) in [5, 5.41) is 0. The Morgan fingerprint density at radius 1 is 1.33 bits per heavy atom. The highest BCUT2D eigenvalue weighted by Crippen LogP contribution is 2.25. The number of rotatable bonds is 6. The van der Waals surface area contributed by atoms with Crippen LogP contribution in [0.1, 0.15) is 25.8 Å². The molecule has 0 heterocycles. The summed E-state index contributed by atoms with van der Waals surface area (Å²) in [5.41, 5.74) is -1.23. The summed E-state index contributed by atoms with van der Waals surface area (Å²) in [7, 11) is -3.37. The van der Waals surface area contributed by atoms with Gasteiger partial charge in [0.25, 0.3) is 0 Å². The van der Waals surface area contributed by atoms with Gasteiger partial charge in [0, 0.05) is 10.1 Å². The van der Waals surface area contributed by atoms with Crippen LogP contribution in [0.3, 0.4) is 0 Å². The van der Waals surface area contributed by atoms with Crippen molar-refractivity contribution in [3.8, 4) is 0 Å². The molecule has 0 saturated carbocycles. The first-order valence-corrected chi connectivity index (χ1v) is 8.42. The van der Waals surface area contributed by atoms with E-state index in [-0.39, 0.29) is 12.3 Å². The molecule has 0 fully saturated rings. The van der Waals surface area contributed by atoms with Crippen molar-refractivity contribution in [2.24, 2.45) is 0 Å². The van der Waals surface area contributed by atoms with Crippen LogP contribution in [0.4, 0.5) is 4.39 Å². The van der Waals surface area contributed by atoms with Gasteiger partial charge in [-0.15, -0.1) is 0 Å². The number of hydrogen-bond acceptors (Lipinski definition) is 2. The van der Waals surface area contributed by atoms with Crippen LogP contribution in [-0.4, -0.2) is 20.7 Å². The molecule has 1 aromatic rings. The molecule has 0 aromatic heterocycles. The maximum atomic E-state index is 14.4. The smallest absolute Gasteiger partial charge is 0.211 e. The van der Waals surface area contributed by atoms with Crippen LogP contribution in [0.15, 0.2) is 24.3 Å². The predicted molar refractivity (Wildman–Crippen MR) is 79.7 cm³/mol. The Hall–Kier alpha value is -0.210. The van der Waals surface area contributed by atoms with Crippen LogP contribution in [0, 0.1) is 3.57 Å². The van der Waals surface area contributed by atoms with Gasteiger partial charge in [-0.2, -0.15) is 0 Å². The van der Waals surface area contributed by atoms with E-state index in [1.807, 2.05) is 0 Å². The largest absolute Gasteiger partial charge is 0.238 e. The molecule has 1 aromatic carbocycles. The first-order valence-electron chi connectivity index (χ1n) is 5.69. The lowest BCUT2D eigenvalue weighted by atomic mass is 9.98. The van der Waals surface area contributed by atoms with Gasteiger partial charge in [0.15, 0.2) is 0 Å². The van der Waals surface area contributed by atoms with Gasteiger partial charge in [0.2, 0.25) is 10.0 Å². The highest BCUT2D eigenvalue weighted by Gasteiger charge is 2.27. The average Bonchev–Trinajstić information content (AvgIpc) is 2.27. The van der Waals surface area contributed by atoms with Crippen LogP contribution in [0.25, 0.3) is 0 Å². The number of alkyl halides is 1. The van der Waals surface area contributed by atoms with Gasteiger partial charge in [-0.05, 0) is 53.6 Å². The Labute approximate surface area is 121 Å². The van der Waals surface area contributed by atoms with E-state index < -0.39 is 15.7 Å². The monoisotopic (exact) mass is 385 g/mol. The Morgan fingerprint density at radius 2 is 1.89 bits per heavy atom. The van der Waals surface area contributed by atoms with Crippen molar-refractivity contribution in [1.29, 1.82) is 0 Å². The Balaban J connectivity index is 2.73. The first-order chi connectivity index (χ1) is 8.27. The molecule has 1 rings (SSSR count). The zero-order valence-electron chi connectivity index (χ0n) is 10.4. The second kappa shape index (κ2) is 6.29. The zero-order valence-corrected chi connectivity index (χ0v) is 13.4. The van der Waals surface area contributed by atoms with Crippen molar-refractivity contribution in [2.45, 2.75) is 25.9 Å². The van der Waals surface area contributed by atoms with E-state index in [4.69, 9.17) is 0 Å². The van der Waals surface area contributed by atoms with Crippen molar-refractivity contribution >= 4 is 32.6 Å². The summed E-state index contributed by atoms with van der Waals surface area (Å²) >= 11 is 2.14. The second-order valence-electron chi connectivity index (χ2n) is 4.34. The number of nitrogens with one attached hydrogen (secondary N) is 1. The molecule has 0 bridgehead atoms. The first kappa shape index (κ1) is 15.8. The lowest BCUT2D eigenvalue weighted by Crippen LogP contribution is -2.36. The van der Waals surface area contributed by atoms with Crippen LogP contribution in [0.5, 0.6) is 0 Å². The summed E-state index contributed by atoms with van der Waals surface area (Å²) < 4.78 is 40.7. The zero-order chi connectivity index (χ0) is 13.8. The van der Waals surface area contributed by atoms with Crippen LogP contribution in [-0.2, 0) is 15.7 Å². The van der Waals surface area contributed by atoms with Gasteiger partial charge >= 0.3 is 0 Å². The van der Waals surface area contributed by atoms with E-state index in [0.717, 1.165) is 3.57 Å². The summed E-state index contributed by atoms with van der Waals surface area (Å²) in [6.45, 7) is 2.91. The third-order valence-electron chi connectivity index (χ3n) is 2.54. The molecular weight excluding hydrogens is 368 g/mol. The van der Waals surface area contributed by atoms with Crippen molar-refractivity contribution in [3.05, 3.63) is 33.4 Å². The fourth-order valence-corrected chi connectivity index (χ4v) is 3.02. The van der Waals surface area contributed by atoms with Gasteiger partial charge in [-0.3, -0.25) is 0 Å². The van der Waals surface area contributed by atoms with Crippen LogP contribution < -0.4 is 4.72 Å². The molecule has 0 spiro atoms. The standard InChI is InChI=1S/C12H17FINO2S/c1-3-8-18(16,17)15-9-12(2,13)10-4-6-11(14)7-5-10/h4-7,15H,3,8-9H2,1-2H3. The highest BCUT2D eigenvalue weighted by atomic mass is 127. The maximum absolute atomic E-state index is 14.4. The summed E-state index contributed by atoms with van der Waals surface area (Å²) in [6.07, 6.45) is 0.516. The minimum Gasteiger partial charge on any atom is -0.238 e. The average molecular weight is 385 g/mol. The number of benzene rings is 1. The molecule has 0 radical (unpaired) electrons. The third-order valence-corrected chi connectivity index (χ3v) is 4.79.